The second-order valence-corrected chi connectivity index (χ2v) is 6.86. The van der Waals surface area contributed by atoms with Crippen LogP contribution in [0.3, 0.4) is 0 Å². The van der Waals surface area contributed by atoms with Gasteiger partial charge in [-0.3, -0.25) is 9.36 Å². The Bertz CT molecular complexity index is 1010. The smallest absolute Gasteiger partial charge is 0.255 e. The van der Waals surface area contributed by atoms with E-state index in [9.17, 15) is 9.18 Å². The largest absolute Gasteiger partial charge is 0.483 e. The van der Waals surface area contributed by atoms with Gasteiger partial charge < -0.3 is 9.64 Å². The van der Waals surface area contributed by atoms with Gasteiger partial charge in [0, 0.05) is 37.5 Å². The predicted octanol–water partition coefficient (Wildman–Crippen LogP) is 3.93. The maximum Gasteiger partial charge on any atom is 0.255 e. The highest BCUT2D eigenvalue weighted by Crippen LogP contribution is 2.32. The molecule has 1 atom stereocenters. The molecule has 3 aromatic rings. The highest BCUT2D eigenvalue weighted by atomic mass is 19.1. The summed E-state index contributed by atoms with van der Waals surface area (Å²) in [6, 6.07) is 17.5. The van der Waals surface area contributed by atoms with Gasteiger partial charge in [-0.15, -0.1) is 0 Å². The van der Waals surface area contributed by atoms with Crippen molar-refractivity contribution in [1.29, 1.82) is 0 Å². The average molecular weight is 364 g/mol. The molecule has 0 aliphatic carbocycles. The molecule has 0 fully saturated rings. The molecule has 4 nitrogen and oxygen atoms in total. The number of benzene rings is 2. The monoisotopic (exact) mass is 364 g/mol. The fourth-order valence-corrected chi connectivity index (χ4v) is 3.51. The van der Waals surface area contributed by atoms with Gasteiger partial charge in [0.15, 0.2) is 11.6 Å². The molecule has 1 aliphatic rings. The molecule has 0 saturated heterocycles. The number of fused-ring (bicyclic) bond motifs is 1. The predicted molar refractivity (Wildman–Crippen MR) is 103 cm³/mol. The van der Waals surface area contributed by atoms with Crippen molar-refractivity contribution in [2.45, 2.75) is 19.1 Å². The third-order valence-corrected chi connectivity index (χ3v) is 4.89. The normalized spacial score (nSPS) is 17.2. The van der Waals surface area contributed by atoms with Crippen LogP contribution in [0, 0.1) is 5.82 Å². The molecule has 4 rings (SSSR count). The SMILES string of the molecule is CN1CCC(Oc2ccccc2F)c2ccc(-n3ccccc3=O)cc2C1. The Hall–Kier alpha value is -2.92. The molecule has 0 spiro atoms. The van der Waals surface area contributed by atoms with Crippen LogP contribution in [0.1, 0.15) is 23.7 Å². The summed E-state index contributed by atoms with van der Waals surface area (Å²) >= 11 is 0. The van der Waals surface area contributed by atoms with Crippen LogP contribution in [-0.4, -0.2) is 23.1 Å². The molecular formula is C22H21FN2O2. The van der Waals surface area contributed by atoms with Crippen molar-refractivity contribution >= 4 is 0 Å². The molecule has 5 heteroatoms. The Kier molecular flexibility index (Phi) is 4.77. The van der Waals surface area contributed by atoms with E-state index < -0.39 is 0 Å². The molecular weight excluding hydrogens is 343 g/mol. The van der Waals surface area contributed by atoms with Gasteiger partial charge in [0.2, 0.25) is 0 Å². The van der Waals surface area contributed by atoms with E-state index in [1.165, 1.54) is 6.07 Å². The standard InChI is InChI=1S/C22H21FN2O2/c1-24-13-11-20(27-21-7-3-2-6-19(21)23)18-10-9-17(14-16(18)15-24)25-12-5-4-8-22(25)26/h2-10,12,14,20H,11,13,15H2,1H3. The van der Waals surface area contributed by atoms with Gasteiger partial charge in [-0.05, 0) is 48.5 Å². The van der Waals surface area contributed by atoms with Crippen LogP contribution in [0.4, 0.5) is 4.39 Å². The van der Waals surface area contributed by atoms with Crippen molar-refractivity contribution in [3.05, 3.63) is 94.2 Å². The van der Waals surface area contributed by atoms with Gasteiger partial charge in [0.1, 0.15) is 6.10 Å². The number of nitrogens with zero attached hydrogens (tertiary/aromatic N) is 2. The molecule has 1 unspecified atom stereocenters. The molecule has 0 amide bonds. The minimum absolute atomic E-state index is 0.0708. The minimum Gasteiger partial charge on any atom is -0.483 e. The summed E-state index contributed by atoms with van der Waals surface area (Å²) in [6.07, 6.45) is 2.30. The van der Waals surface area contributed by atoms with Crippen molar-refractivity contribution in [2.75, 3.05) is 13.6 Å². The summed E-state index contributed by atoms with van der Waals surface area (Å²) in [4.78, 5) is 14.4. The Morgan fingerprint density at radius 3 is 2.70 bits per heavy atom. The number of halogens is 1. The Balaban J connectivity index is 1.73. The van der Waals surface area contributed by atoms with Gasteiger partial charge >= 0.3 is 0 Å². The summed E-state index contributed by atoms with van der Waals surface area (Å²) in [5.74, 6) is -0.0922. The lowest BCUT2D eigenvalue weighted by atomic mass is 10.0. The zero-order valence-corrected chi connectivity index (χ0v) is 15.1. The summed E-state index contributed by atoms with van der Waals surface area (Å²) in [6.45, 7) is 1.59. The van der Waals surface area contributed by atoms with Crippen LogP contribution in [0.25, 0.3) is 5.69 Å². The zero-order valence-electron chi connectivity index (χ0n) is 15.1. The number of hydrogen-bond donors (Lipinski definition) is 0. The van der Waals surface area contributed by atoms with Crippen molar-refractivity contribution in [1.82, 2.24) is 9.47 Å². The van der Waals surface area contributed by atoms with E-state index in [0.717, 1.165) is 36.3 Å². The van der Waals surface area contributed by atoms with Crippen molar-refractivity contribution in [3.8, 4) is 11.4 Å². The average Bonchev–Trinajstić information content (AvgIpc) is 2.82. The third-order valence-electron chi connectivity index (χ3n) is 4.89. The van der Waals surface area contributed by atoms with E-state index in [1.807, 2.05) is 24.3 Å². The molecule has 0 N–H and O–H groups in total. The van der Waals surface area contributed by atoms with E-state index >= 15 is 0 Å². The zero-order chi connectivity index (χ0) is 18.8. The second-order valence-electron chi connectivity index (χ2n) is 6.86. The van der Waals surface area contributed by atoms with Crippen LogP contribution in [0.2, 0.25) is 0 Å². The molecule has 0 radical (unpaired) electrons. The number of aromatic nitrogens is 1. The lowest BCUT2D eigenvalue weighted by Crippen LogP contribution is -2.18. The minimum atomic E-state index is -0.357. The van der Waals surface area contributed by atoms with Gasteiger partial charge in [-0.2, -0.15) is 0 Å². The first-order chi connectivity index (χ1) is 13.1. The maximum absolute atomic E-state index is 14.1. The van der Waals surface area contributed by atoms with Gasteiger partial charge in [-0.1, -0.05) is 24.3 Å². The van der Waals surface area contributed by atoms with Gasteiger partial charge in [0.25, 0.3) is 5.56 Å². The van der Waals surface area contributed by atoms with E-state index in [4.69, 9.17) is 4.74 Å². The molecule has 2 heterocycles. The molecule has 0 saturated carbocycles. The fraction of sp³-hybridized carbons (Fsp3) is 0.227. The van der Waals surface area contributed by atoms with Gasteiger partial charge in [0.05, 0.1) is 0 Å². The van der Waals surface area contributed by atoms with E-state index in [2.05, 4.69) is 11.9 Å². The van der Waals surface area contributed by atoms with E-state index in [-0.39, 0.29) is 23.2 Å². The lowest BCUT2D eigenvalue weighted by Gasteiger charge is -2.20. The molecule has 138 valence electrons. The highest BCUT2D eigenvalue weighted by Gasteiger charge is 2.24. The molecule has 1 aromatic heterocycles. The summed E-state index contributed by atoms with van der Waals surface area (Å²) in [7, 11) is 2.05. The summed E-state index contributed by atoms with van der Waals surface area (Å²) in [5, 5.41) is 0. The molecule has 1 aliphatic heterocycles. The Morgan fingerprint density at radius 1 is 1.07 bits per heavy atom. The molecule has 27 heavy (non-hydrogen) atoms. The second kappa shape index (κ2) is 7.37. The van der Waals surface area contributed by atoms with E-state index in [1.54, 1.807) is 41.1 Å². The highest BCUT2D eigenvalue weighted by molar-refractivity contribution is 5.43. The summed E-state index contributed by atoms with van der Waals surface area (Å²) < 4.78 is 21.7. The van der Waals surface area contributed by atoms with Crippen LogP contribution in [0.15, 0.2) is 71.7 Å². The Morgan fingerprint density at radius 2 is 1.89 bits per heavy atom. The van der Waals surface area contributed by atoms with Crippen molar-refractivity contribution < 1.29 is 9.13 Å². The maximum atomic E-state index is 14.1. The topological polar surface area (TPSA) is 34.5 Å². The fourth-order valence-electron chi connectivity index (χ4n) is 3.51. The molecule has 2 aromatic carbocycles. The first kappa shape index (κ1) is 17.5. The third kappa shape index (κ3) is 3.64. The number of para-hydroxylation sites is 1. The quantitative estimate of drug-likeness (QED) is 0.706. The number of hydrogen-bond acceptors (Lipinski definition) is 3. The van der Waals surface area contributed by atoms with Crippen LogP contribution < -0.4 is 10.3 Å². The van der Waals surface area contributed by atoms with E-state index in [0.29, 0.717) is 0 Å². The van der Waals surface area contributed by atoms with Crippen LogP contribution in [-0.2, 0) is 6.54 Å². The number of pyridine rings is 1. The Labute approximate surface area is 157 Å². The van der Waals surface area contributed by atoms with Crippen LogP contribution >= 0.6 is 0 Å². The lowest BCUT2D eigenvalue weighted by molar-refractivity contribution is 0.175. The van der Waals surface area contributed by atoms with Crippen LogP contribution in [0.5, 0.6) is 5.75 Å². The number of rotatable bonds is 3. The first-order valence-corrected chi connectivity index (χ1v) is 9.02. The van der Waals surface area contributed by atoms with Gasteiger partial charge in [-0.25, -0.2) is 4.39 Å². The number of ether oxygens (including phenoxy) is 1. The summed E-state index contributed by atoms with van der Waals surface area (Å²) in [5.41, 5.74) is 2.87. The first-order valence-electron chi connectivity index (χ1n) is 9.02. The van der Waals surface area contributed by atoms with Crippen molar-refractivity contribution in [2.24, 2.45) is 0 Å². The molecule has 0 bridgehead atoms. The van der Waals surface area contributed by atoms with Crippen molar-refractivity contribution in [3.63, 3.8) is 0 Å².